The van der Waals surface area contributed by atoms with E-state index in [0.717, 1.165) is 23.4 Å². The summed E-state index contributed by atoms with van der Waals surface area (Å²) < 4.78 is 2.01. The van der Waals surface area contributed by atoms with Crippen molar-refractivity contribution in [2.75, 3.05) is 11.9 Å². The Morgan fingerprint density at radius 1 is 1.23 bits per heavy atom. The lowest BCUT2D eigenvalue weighted by molar-refractivity contribution is 0.934. The summed E-state index contributed by atoms with van der Waals surface area (Å²) in [4.78, 5) is 8.88. The summed E-state index contributed by atoms with van der Waals surface area (Å²) in [6, 6.07) is 14.0. The van der Waals surface area contributed by atoms with Gasteiger partial charge in [-0.3, -0.25) is 4.99 Å². The molecule has 22 heavy (non-hydrogen) atoms. The molecule has 0 bridgehead atoms. The van der Waals surface area contributed by atoms with Crippen LogP contribution in [-0.2, 0) is 6.42 Å². The fourth-order valence-corrected chi connectivity index (χ4v) is 2.22. The van der Waals surface area contributed by atoms with Crippen molar-refractivity contribution in [1.82, 2.24) is 9.38 Å². The second-order valence-electron chi connectivity index (χ2n) is 5.21. The number of guanidine groups is 1. The van der Waals surface area contributed by atoms with Gasteiger partial charge in [-0.15, -0.1) is 0 Å². The summed E-state index contributed by atoms with van der Waals surface area (Å²) >= 11 is 0. The van der Waals surface area contributed by atoms with Crippen molar-refractivity contribution in [2.45, 2.75) is 13.3 Å². The van der Waals surface area contributed by atoms with Gasteiger partial charge in [0.1, 0.15) is 5.65 Å². The van der Waals surface area contributed by atoms with Gasteiger partial charge in [-0.2, -0.15) is 0 Å². The summed E-state index contributed by atoms with van der Waals surface area (Å²) in [6.45, 7) is 2.66. The van der Waals surface area contributed by atoms with Crippen LogP contribution in [0, 0.1) is 6.92 Å². The van der Waals surface area contributed by atoms with Crippen molar-refractivity contribution in [3.05, 3.63) is 66.1 Å². The average molecular weight is 293 g/mol. The highest BCUT2D eigenvalue weighted by atomic mass is 15.1. The summed E-state index contributed by atoms with van der Waals surface area (Å²) in [6.07, 6.45) is 4.77. The molecule has 5 nitrogen and oxygen atoms in total. The first kappa shape index (κ1) is 14.1. The minimum atomic E-state index is 0.424. The molecular weight excluding hydrogens is 274 g/mol. The van der Waals surface area contributed by atoms with Crippen molar-refractivity contribution in [3.63, 3.8) is 0 Å². The predicted molar refractivity (Wildman–Crippen MR) is 90.2 cm³/mol. The number of rotatable bonds is 4. The third-order valence-electron chi connectivity index (χ3n) is 3.39. The largest absolute Gasteiger partial charge is 0.370 e. The maximum atomic E-state index is 5.90. The number of aryl methyl sites for hydroxylation is 1. The second kappa shape index (κ2) is 6.30. The van der Waals surface area contributed by atoms with E-state index in [1.54, 1.807) is 0 Å². The Balaban J connectivity index is 1.57. The van der Waals surface area contributed by atoms with Crippen LogP contribution in [0.4, 0.5) is 5.69 Å². The molecule has 0 radical (unpaired) electrons. The normalized spacial score (nSPS) is 11.8. The molecule has 1 aromatic carbocycles. The first-order valence-corrected chi connectivity index (χ1v) is 7.27. The Kier molecular flexibility index (Phi) is 4.05. The molecule has 0 saturated heterocycles. The van der Waals surface area contributed by atoms with Gasteiger partial charge in [0.05, 0.1) is 5.69 Å². The van der Waals surface area contributed by atoms with Crippen LogP contribution in [0.1, 0.15) is 11.3 Å². The zero-order chi connectivity index (χ0) is 15.4. The summed E-state index contributed by atoms with van der Waals surface area (Å²) in [5.74, 6) is 0.424. The molecule has 3 N–H and O–H groups in total. The first-order valence-electron chi connectivity index (χ1n) is 7.27. The van der Waals surface area contributed by atoms with Gasteiger partial charge in [-0.1, -0.05) is 23.8 Å². The number of benzene rings is 1. The highest BCUT2D eigenvalue weighted by Gasteiger charge is 2.00. The average Bonchev–Trinajstić information content (AvgIpc) is 2.92. The molecule has 0 amide bonds. The number of aromatic nitrogens is 2. The Morgan fingerprint density at radius 2 is 2.05 bits per heavy atom. The zero-order valence-corrected chi connectivity index (χ0v) is 12.5. The number of pyridine rings is 1. The molecule has 0 spiro atoms. The molecule has 112 valence electrons. The summed E-state index contributed by atoms with van der Waals surface area (Å²) in [5, 5.41) is 3.08. The fourth-order valence-electron chi connectivity index (χ4n) is 2.22. The molecule has 3 aromatic rings. The molecule has 0 saturated carbocycles. The highest BCUT2D eigenvalue weighted by molar-refractivity contribution is 5.92. The van der Waals surface area contributed by atoms with Crippen LogP contribution in [0.25, 0.3) is 5.65 Å². The lowest BCUT2D eigenvalue weighted by atomic mass is 10.2. The van der Waals surface area contributed by atoms with Gasteiger partial charge in [0, 0.05) is 31.0 Å². The summed E-state index contributed by atoms with van der Waals surface area (Å²) in [5.41, 5.74) is 10.0. The van der Waals surface area contributed by atoms with Crippen LogP contribution in [0.15, 0.2) is 59.9 Å². The van der Waals surface area contributed by atoms with Gasteiger partial charge in [0.15, 0.2) is 5.96 Å². The molecule has 0 aliphatic heterocycles. The SMILES string of the molecule is Cc1ccc(NC(N)=NCCc2cn3ccccc3n2)cc1. The molecule has 5 heteroatoms. The molecular formula is C17H19N5. The number of imidazole rings is 1. The first-order chi connectivity index (χ1) is 10.7. The Bertz CT molecular complexity index is 753. The zero-order valence-electron chi connectivity index (χ0n) is 12.5. The topological polar surface area (TPSA) is 67.7 Å². The Labute approximate surface area is 129 Å². The highest BCUT2D eigenvalue weighted by Crippen LogP contribution is 2.08. The van der Waals surface area contributed by atoms with E-state index in [9.17, 15) is 0 Å². The standard InChI is InChI=1S/C17H19N5/c1-13-5-7-14(8-6-13)21-17(18)19-10-9-15-12-22-11-3-2-4-16(22)20-15/h2-8,11-12H,9-10H2,1H3,(H3,18,19,21). The fraction of sp³-hybridized carbons (Fsp3) is 0.176. The van der Waals surface area contributed by atoms with Crippen LogP contribution in [0.3, 0.4) is 0 Å². The van der Waals surface area contributed by atoms with E-state index < -0.39 is 0 Å². The van der Waals surface area contributed by atoms with Crippen LogP contribution in [0.5, 0.6) is 0 Å². The van der Waals surface area contributed by atoms with E-state index in [1.807, 2.05) is 59.3 Å². The van der Waals surface area contributed by atoms with Crippen LogP contribution < -0.4 is 11.1 Å². The lowest BCUT2D eigenvalue weighted by Gasteiger charge is -2.05. The maximum Gasteiger partial charge on any atom is 0.193 e. The molecule has 3 rings (SSSR count). The van der Waals surface area contributed by atoms with Gasteiger partial charge >= 0.3 is 0 Å². The molecule has 0 aliphatic carbocycles. The van der Waals surface area contributed by atoms with E-state index in [4.69, 9.17) is 5.73 Å². The number of hydrogen-bond donors (Lipinski definition) is 2. The van der Waals surface area contributed by atoms with E-state index >= 15 is 0 Å². The van der Waals surface area contributed by atoms with Gasteiger partial charge < -0.3 is 15.5 Å². The van der Waals surface area contributed by atoms with Crippen molar-refractivity contribution in [1.29, 1.82) is 0 Å². The van der Waals surface area contributed by atoms with Crippen LogP contribution in [0.2, 0.25) is 0 Å². The molecule has 2 aromatic heterocycles. The number of nitrogens with zero attached hydrogens (tertiary/aromatic N) is 3. The maximum absolute atomic E-state index is 5.90. The molecule has 0 fully saturated rings. The smallest absolute Gasteiger partial charge is 0.193 e. The molecule has 0 atom stereocenters. The third kappa shape index (κ3) is 3.44. The lowest BCUT2D eigenvalue weighted by Crippen LogP contribution is -2.23. The summed E-state index contributed by atoms with van der Waals surface area (Å²) in [7, 11) is 0. The predicted octanol–water partition coefficient (Wildman–Crippen LogP) is 2.61. The van der Waals surface area contributed by atoms with Crippen molar-refractivity contribution >= 4 is 17.3 Å². The van der Waals surface area contributed by atoms with Crippen molar-refractivity contribution in [3.8, 4) is 0 Å². The monoisotopic (exact) mass is 293 g/mol. The van der Waals surface area contributed by atoms with Crippen molar-refractivity contribution in [2.24, 2.45) is 10.7 Å². The van der Waals surface area contributed by atoms with Crippen molar-refractivity contribution < 1.29 is 0 Å². The molecule has 2 heterocycles. The minimum Gasteiger partial charge on any atom is -0.370 e. The van der Waals surface area contributed by atoms with Gasteiger partial charge in [-0.05, 0) is 31.2 Å². The Morgan fingerprint density at radius 3 is 2.82 bits per heavy atom. The number of nitrogens with two attached hydrogens (primary N) is 1. The van der Waals surface area contributed by atoms with E-state index in [2.05, 4.69) is 22.2 Å². The Hall–Kier alpha value is -2.82. The second-order valence-corrected chi connectivity index (χ2v) is 5.21. The van der Waals surface area contributed by atoms with E-state index in [0.29, 0.717) is 12.5 Å². The van der Waals surface area contributed by atoms with Gasteiger partial charge in [-0.25, -0.2) is 4.98 Å². The van der Waals surface area contributed by atoms with E-state index in [-0.39, 0.29) is 0 Å². The molecule has 0 unspecified atom stereocenters. The van der Waals surface area contributed by atoms with Crippen LogP contribution >= 0.6 is 0 Å². The molecule has 0 aliphatic rings. The van der Waals surface area contributed by atoms with Crippen LogP contribution in [-0.4, -0.2) is 21.9 Å². The third-order valence-corrected chi connectivity index (χ3v) is 3.39. The number of anilines is 1. The minimum absolute atomic E-state index is 0.424. The van der Waals surface area contributed by atoms with E-state index in [1.165, 1.54) is 5.56 Å². The number of nitrogens with one attached hydrogen (secondary N) is 1. The quantitative estimate of drug-likeness (QED) is 0.574. The number of hydrogen-bond acceptors (Lipinski definition) is 2. The number of aliphatic imine (C=N–C) groups is 1. The number of fused-ring (bicyclic) bond motifs is 1. The van der Waals surface area contributed by atoms with Gasteiger partial charge in [0.25, 0.3) is 0 Å². The van der Waals surface area contributed by atoms with Gasteiger partial charge in [0.2, 0.25) is 0 Å².